The molecule has 1 aromatic rings. The van der Waals surface area contributed by atoms with Gasteiger partial charge in [-0.1, -0.05) is 13.8 Å². The van der Waals surface area contributed by atoms with Gasteiger partial charge in [0.1, 0.15) is 0 Å². The summed E-state index contributed by atoms with van der Waals surface area (Å²) in [7, 11) is 1.71. The van der Waals surface area contributed by atoms with Crippen molar-refractivity contribution in [2.45, 2.75) is 41.8 Å². The van der Waals surface area contributed by atoms with E-state index in [0.717, 1.165) is 11.8 Å². The maximum atomic E-state index is 13.2. The van der Waals surface area contributed by atoms with E-state index < -0.39 is 11.7 Å². The number of hydrogen-bond donors (Lipinski definition) is 1. The van der Waals surface area contributed by atoms with E-state index in [9.17, 15) is 13.2 Å². The first kappa shape index (κ1) is 17.0. The van der Waals surface area contributed by atoms with Crippen molar-refractivity contribution in [1.29, 1.82) is 0 Å². The number of aromatic nitrogens is 1. The molecule has 7 heteroatoms. The zero-order chi connectivity index (χ0) is 15.6. The van der Waals surface area contributed by atoms with Crippen LogP contribution in [0.1, 0.15) is 31.0 Å². The van der Waals surface area contributed by atoms with E-state index in [1.807, 2.05) is 11.8 Å². The van der Waals surface area contributed by atoms with Crippen molar-refractivity contribution in [3.63, 3.8) is 0 Å². The molecule has 1 aliphatic rings. The number of hydrogen-bond acceptors (Lipinski definition) is 4. The van der Waals surface area contributed by atoms with Gasteiger partial charge in [0, 0.05) is 45.5 Å². The molecule has 2 rings (SSSR count). The molecule has 4 unspecified atom stereocenters. The molecule has 0 bridgehead atoms. The average molecular weight is 336 g/mol. The maximum absolute atomic E-state index is 13.2. The fourth-order valence-electron chi connectivity index (χ4n) is 2.44. The van der Waals surface area contributed by atoms with Crippen molar-refractivity contribution in [1.82, 2.24) is 10.3 Å². The van der Waals surface area contributed by atoms with E-state index in [1.165, 1.54) is 12.4 Å². The number of alkyl halides is 3. The fourth-order valence-corrected chi connectivity index (χ4v) is 5.58. The van der Waals surface area contributed by atoms with Crippen molar-refractivity contribution in [2.75, 3.05) is 12.8 Å². The zero-order valence-electron chi connectivity index (χ0n) is 12.1. The Morgan fingerprint density at radius 2 is 2.05 bits per heavy atom. The summed E-state index contributed by atoms with van der Waals surface area (Å²) in [6.07, 6.45) is -1.80. The highest BCUT2D eigenvalue weighted by Gasteiger charge is 2.38. The Morgan fingerprint density at radius 3 is 2.62 bits per heavy atom. The largest absolute Gasteiger partial charge is 0.416 e. The molecule has 0 aromatic carbocycles. The van der Waals surface area contributed by atoms with Crippen LogP contribution in [0.15, 0.2) is 18.5 Å². The molecule has 1 saturated heterocycles. The molecule has 0 amide bonds. The van der Waals surface area contributed by atoms with Gasteiger partial charge in [0.15, 0.2) is 0 Å². The summed E-state index contributed by atoms with van der Waals surface area (Å²) in [5, 5.41) is 4.12. The average Bonchev–Trinajstić information content (AvgIpc) is 2.43. The summed E-state index contributed by atoms with van der Waals surface area (Å²) in [6.45, 7) is 4.30. The van der Waals surface area contributed by atoms with E-state index in [0.29, 0.717) is 10.5 Å². The Morgan fingerprint density at radius 1 is 1.33 bits per heavy atom. The molecule has 1 aromatic heterocycles. The fraction of sp³-hybridized carbons (Fsp3) is 0.643. The van der Waals surface area contributed by atoms with Crippen molar-refractivity contribution < 1.29 is 13.2 Å². The first-order valence-electron chi connectivity index (χ1n) is 6.80. The first-order valence-corrected chi connectivity index (χ1v) is 8.79. The van der Waals surface area contributed by atoms with Crippen molar-refractivity contribution in [2.24, 2.45) is 0 Å². The smallest absolute Gasteiger partial charge is 0.312 e. The molecule has 118 valence electrons. The Balaban J connectivity index is 2.30. The molecular weight excluding hydrogens is 317 g/mol. The Hall–Kier alpha value is -0.400. The topological polar surface area (TPSA) is 24.9 Å². The Labute approximate surface area is 131 Å². The van der Waals surface area contributed by atoms with Gasteiger partial charge in [-0.3, -0.25) is 4.98 Å². The van der Waals surface area contributed by atoms with Crippen LogP contribution in [0.5, 0.6) is 0 Å². The van der Waals surface area contributed by atoms with Crippen LogP contribution in [0, 0.1) is 0 Å². The predicted octanol–water partition coefficient (Wildman–Crippen LogP) is 3.99. The van der Waals surface area contributed by atoms with E-state index in [1.54, 1.807) is 18.8 Å². The van der Waals surface area contributed by atoms with Gasteiger partial charge in [-0.15, -0.1) is 0 Å². The van der Waals surface area contributed by atoms with Crippen LogP contribution in [0.25, 0.3) is 0 Å². The van der Waals surface area contributed by atoms with Crippen LogP contribution < -0.4 is 5.32 Å². The van der Waals surface area contributed by atoms with Crippen LogP contribution in [-0.4, -0.2) is 33.5 Å². The number of thioether (sulfide) groups is 2. The molecule has 0 saturated carbocycles. The number of halogens is 3. The van der Waals surface area contributed by atoms with Gasteiger partial charge in [0.2, 0.25) is 0 Å². The normalized spacial score (nSPS) is 28.4. The molecule has 1 aliphatic heterocycles. The lowest BCUT2D eigenvalue weighted by Crippen LogP contribution is -2.36. The minimum atomic E-state index is -4.35. The maximum Gasteiger partial charge on any atom is 0.416 e. The van der Waals surface area contributed by atoms with Crippen LogP contribution in [0.4, 0.5) is 13.2 Å². The van der Waals surface area contributed by atoms with Gasteiger partial charge in [-0.05, 0) is 13.1 Å². The second-order valence-corrected chi connectivity index (χ2v) is 8.18. The molecular formula is C14H19F3N2S2. The highest BCUT2D eigenvalue weighted by atomic mass is 32.2. The van der Waals surface area contributed by atoms with Crippen LogP contribution in [0.2, 0.25) is 0 Å². The highest BCUT2D eigenvalue weighted by molar-refractivity contribution is 8.07. The second kappa shape index (κ2) is 6.79. The quantitative estimate of drug-likeness (QED) is 0.902. The van der Waals surface area contributed by atoms with Gasteiger partial charge >= 0.3 is 6.18 Å². The number of nitrogens with zero attached hydrogens (tertiary/aromatic N) is 1. The lowest BCUT2D eigenvalue weighted by molar-refractivity contribution is -0.138. The summed E-state index contributed by atoms with van der Waals surface area (Å²) in [5.74, 6) is 0.841. The van der Waals surface area contributed by atoms with Gasteiger partial charge in [0.25, 0.3) is 0 Å². The molecule has 1 fully saturated rings. The summed E-state index contributed by atoms with van der Waals surface area (Å²) >= 11 is 3.59. The van der Waals surface area contributed by atoms with Gasteiger partial charge in [-0.25, -0.2) is 0 Å². The molecule has 4 atom stereocenters. The Bertz CT molecular complexity index is 482. The summed E-state index contributed by atoms with van der Waals surface area (Å²) in [6, 6.07) is 0.717. The van der Waals surface area contributed by atoms with Crippen molar-refractivity contribution >= 4 is 23.5 Å². The summed E-state index contributed by atoms with van der Waals surface area (Å²) in [5.41, 5.74) is -0.346. The SMILES string of the molecule is CNC(c1cnccc1C(F)(F)F)C1CSC(C)C(C)S1. The van der Waals surface area contributed by atoms with E-state index in [4.69, 9.17) is 0 Å². The zero-order valence-corrected chi connectivity index (χ0v) is 13.8. The molecule has 2 heterocycles. The highest BCUT2D eigenvalue weighted by Crippen LogP contribution is 2.43. The van der Waals surface area contributed by atoms with Gasteiger partial charge < -0.3 is 5.32 Å². The van der Waals surface area contributed by atoms with Crippen molar-refractivity contribution in [3.8, 4) is 0 Å². The van der Waals surface area contributed by atoms with E-state index >= 15 is 0 Å². The predicted molar refractivity (Wildman–Crippen MR) is 83.8 cm³/mol. The standard InChI is InChI=1S/C14H19F3N2S2/c1-8-9(2)21-12(7-20-8)13(18-3)10-6-19-5-4-11(10)14(15,16)17/h4-6,8-9,12-13,18H,7H2,1-3H3. The lowest BCUT2D eigenvalue weighted by Gasteiger charge is -2.36. The molecule has 2 nitrogen and oxygen atoms in total. The Kier molecular flexibility index (Phi) is 5.48. The number of rotatable bonds is 3. The molecule has 1 N–H and O–H groups in total. The third-order valence-corrected chi connectivity index (χ3v) is 7.24. The molecule has 21 heavy (non-hydrogen) atoms. The van der Waals surface area contributed by atoms with Crippen LogP contribution >= 0.6 is 23.5 Å². The minimum Gasteiger partial charge on any atom is -0.312 e. The lowest BCUT2D eigenvalue weighted by atomic mass is 10.0. The van der Waals surface area contributed by atoms with E-state index in [-0.39, 0.29) is 16.9 Å². The number of nitrogens with one attached hydrogen (secondary N) is 1. The first-order chi connectivity index (χ1) is 9.84. The third-order valence-electron chi connectivity index (χ3n) is 3.75. The second-order valence-electron chi connectivity index (χ2n) is 5.15. The number of pyridine rings is 1. The monoisotopic (exact) mass is 336 g/mol. The minimum absolute atomic E-state index is 0.108. The van der Waals surface area contributed by atoms with Crippen molar-refractivity contribution in [3.05, 3.63) is 29.6 Å². The molecule has 0 aliphatic carbocycles. The van der Waals surface area contributed by atoms with Crippen LogP contribution in [0.3, 0.4) is 0 Å². The summed E-state index contributed by atoms with van der Waals surface area (Å²) in [4.78, 5) is 3.90. The van der Waals surface area contributed by atoms with Crippen LogP contribution in [-0.2, 0) is 6.18 Å². The summed E-state index contributed by atoms with van der Waals surface area (Å²) < 4.78 is 39.6. The molecule has 0 radical (unpaired) electrons. The van der Waals surface area contributed by atoms with Gasteiger partial charge in [0.05, 0.1) is 5.56 Å². The molecule has 0 spiro atoms. The van der Waals surface area contributed by atoms with Gasteiger partial charge in [-0.2, -0.15) is 36.7 Å². The third kappa shape index (κ3) is 3.87. The van der Waals surface area contributed by atoms with E-state index in [2.05, 4.69) is 24.1 Å².